The summed E-state index contributed by atoms with van der Waals surface area (Å²) in [6.07, 6.45) is 0. The molecule has 0 N–H and O–H groups in total. The standard InChI is InChI=1S/C38H50O2/c1-21(2)29-17-31(23(5)6)35(32(18-29)24(7)8)37(39)27-14-13-15-28(16-27)38(40)36-33(25(9)10)19-30(22(3)4)20-34(36)26(11)12/h13-26H,1-12H3. The first kappa shape index (κ1) is 31.5. The van der Waals surface area contributed by atoms with E-state index in [4.69, 9.17) is 0 Å². The van der Waals surface area contributed by atoms with Gasteiger partial charge in [-0.1, -0.05) is 126 Å². The second-order valence-corrected chi connectivity index (χ2v) is 13.3. The van der Waals surface area contributed by atoms with Crippen molar-refractivity contribution in [2.45, 2.75) is 119 Å². The molecule has 0 aromatic heterocycles. The second kappa shape index (κ2) is 12.7. The van der Waals surface area contributed by atoms with Gasteiger partial charge in [-0.05, 0) is 75.0 Å². The third kappa shape index (κ3) is 6.48. The summed E-state index contributed by atoms with van der Waals surface area (Å²) in [5, 5.41) is 0. The Kier molecular flexibility index (Phi) is 9.99. The van der Waals surface area contributed by atoms with E-state index in [0.29, 0.717) is 23.0 Å². The van der Waals surface area contributed by atoms with Gasteiger partial charge in [-0.3, -0.25) is 9.59 Å². The highest BCUT2D eigenvalue weighted by atomic mass is 16.1. The van der Waals surface area contributed by atoms with Crippen molar-refractivity contribution in [2.24, 2.45) is 0 Å². The molecule has 2 heteroatoms. The van der Waals surface area contributed by atoms with Crippen LogP contribution in [0.1, 0.15) is 184 Å². The molecule has 0 saturated carbocycles. The van der Waals surface area contributed by atoms with Crippen molar-refractivity contribution in [3.05, 3.63) is 104 Å². The number of hydrogen-bond acceptors (Lipinski definition) is 2. The van der Waals surface area contributed by atoms with Gasteiger partial charge in [-0.2, -0.15) is 0 Å². The van der Waals surface area contributed by atoms with Crippen LogP contribution in [-0.4, -0.2) is 11.6 Å². The van der Waals surface area contributed by atoms with Crippen LogP contribution in [0, 0.1) is 0 Å². The average molecular weight is 539 g/mol. The van der Waals surface area contributed by atoms with E-state index < -0.39 is 0 Å². The second-order valence-electron chi connectivity index (χ2n) is 13.3. The Hall–Kier alpha value is -3.00. The maximum Gasteiger partial charge on any atom is 0.193 e. The zero-order valence-electron chi connectivity index (χ0n) is 26.9. The number of benzene rings is 3. The van der Waals surface area contributed by atoms with Crippen molar-refractivity contribution in [3.63, 3.8) is 0 Å². The van der Waals surface area contributed by atoms with Gasteiger partial charge in [0.15, 0.2) is 11.6 Å². The predicted molar refractivity (Wildman–Crippen MR) is 171 cm³/mol. The number of carbonyl (C=O) groups is 2. The summed E-state index contributed by atoms with van der Waals surface area (Å²) in [5.74, 6) is 1.60. The molecule has 0 bridgehead atoms. The summed E-state index contributed by atoms with van der Waals surface area (Å²) in [4.78, 5) is 28.5. The molecular weight excluding hydrogens is 488 g/mol. The van der Waals surface area contributed by atoms with Gasteiger partial charge in [-0.15, -0.1) is 0 Å². The van der Waals surface area contributed by atoms with Gasteiger partial charge in [0.25, 0.3) is 0 Å². The SMILES string of the molecule is CC(C)c1cc(C(C)C)c(C(=O)c2cccc(C(=O)c3c(C(C)C)cc(C(C)C)cc3C(C)C)c2)c(C(C)C)c1. The van der Waals surface area contributed by atoms with E-state index in [1.54, 1.807) is 0 Å². The van der Waals surface area contributed by atoms with Crippen molar-refractivity contribution in [2.75, 3.05) is 0 Å². The fourth-order valence-corrected chi connectivity index (χ4v) is 5.53. The minimum atomic E-state index is 0.000628. The molecule has 0 aliphatic carbocycles. The molecule has 0 unspecified atom stereocenters. The molecule has 2 nitrogen and oxygen atoms in total. The van der Waals surface area contributed by atoms with E-state index in [0.717, 1.165) is 33.4 Å². The Morgan fingerprint density at radius 2 is 0.700 bits per heavy atom. The van der Waals surface area contributed by atoms with Gasteiger partial charge < -0.3 is 0 Å². The highest BCUT2D eigenvalue weighted by molar-refractivity contribution is 6.15. The van der Waals surface area contributed by atoms with E-state index in [-0.39, 0.29) is 35.2 Å². The molecule has 214 valence electrons. The van der Waals surface area contributed by atoms with Crippen LogP contribution in [0.4, 0.5) is 0 Å². The monoisotopic (exact) mass is 538 g/mol. The van der Waals surface area contributed by atoms with Gasteiger partial charge in [0.05, 0.1) is 0 Å². The van der Waals surface area contributed by atoms with Crippen LogP contribution >= 0.6 is 0 Å². The minimum absolute atomic E-state index is 0.000628. The van der Waals surface area contributed by atoms with E-state index in [9.17, 15) is 9.59 Å². The molecule has 3 aromatic carbocycles. The summed E-state index contributed by atoms with van der Waals surface area (Å²) < 4.78 is 0. The van der Waals surface area contributed by atoms with E-state index in [2.05, 4.69) is 107 Å². The molecule has 0 aliphatic rings. The molecular formula is C38H50O2. The maximum absolute atomic E-state index is 14.2. The van der Waals surface area contributed by atoms with Crippen LogP contribution in [0.5, 0.6) is 0 Å². The summed E-state index contributed by atoms with van der Waals surface area (Å²) in [7, 11) is 0. The topological polar surface area (TPSA) is 34.1 Å². The Bertz CT molecular complexity index is 1220. The van der Waals surface area contributed by atoms with Gasteiger partial charge in [0.1, 0.15) is 0 Å². The molecule has 0 fully saturated rings. The third-order valence-electron chi connectivity index (χ3n) is 8.11. The summed E-state index contributed by atoms with van der Waals surface area (Å²) in [6.45, 7) is 26.0. The van der Waals surface area contributed by atoms with E-state index >= 15 is 0 Å². The van der Waals surface area contributed by atoms with Crippen LogP contribution < -0.4 is 0 Å². The van der Waals surface area contributed by atoms with Gasteiger partial charge in [0, 0.05) is 22.3 Å². The molecule has 40 heavy (non-hydrogen) atoms. The highest BCUT2D eigenvalue weighted by Crippen LogP contribution is 2.36. The van der Waals surface area contributed by atoms with Crippen LogP contribution in [0.2, 0.25) is 0 Å². The van der Waals surface area contributed by atoms with Gasteiger partial charge in [-0.25, -0.2) is 0 Å². The normalized spacial score (nSPS) is 12.1. The van der Waals surface area contributed by atoms with Crippen molar-refractivity contribution >= 4 is 11.6 Å². The van der Waals surface area contributed by atoms with Gasteiger partial charge >= 0.3 is 0 Å². The van der Waals surface area contributed by atoms with Crippen molar-refractivity contribution in [3.8, 4) is 0 Å². The fraction of sp³-hybridized carbons (Fsp3) is 0.474. The Morgan fingerprint density at radius 3 is 0.925 bits per heavy atom. The minimum Gasteiger partial charge on any atom is -0.289 e. The van der Waals surface area contributed by atoms with E-state index in [1.807, 2.05) is 24.3 Å². The first-order valence-corrected chi connectivity index (χ1v) is 15.2. The van der Waals surface area contributed by atoms with Crippen molar-refractivity contribution in [1.82, 2.24) is 0 Å². The lowest BCUT2D eigenvalue weighted by Gasteiger charge is -2.23. The third-order valence-corrected chi connectivity index (χ3v) is 8.11. The first-order valence-electron chi connectivity index (χ1n) is 15.2. The predicted octanol–water partition coefficient (Wildman–Crippen LogP) is 10.9. The molecule has 0 atom stereocenters. The maximum atomic E-state index is 14.2. The summed E-state index contributed by atoms with van der Waals surface area (Å²) >= 11 is 0. The first-order chi connectivity index (χ1) is 18.6. The van der Waals surface area contributed by atoms with Crippen LogP contribution in [0.25, 0.3) is 0 Å². The van der Waals surface area contributed by atoms with Crippen LogP contribution in [0.15, 0.2) is 48.5 Å². The molecule has 0 heterocycles. The summed E-state index contributed by atoms with van der Waals surface area (Å²) in [5.41, 5.74) is 9.62. The molecule has 0 radical (unpaired) electrons. The van der Waals surface area contributed by atoms with Crippen molar-refractivity contribution < 1.29 is 9.59 Å². The zero-order chi connectivity index (χ0) is 30.0. The fourth-order valence-electron chi connectivity index (χ4n) is 5.53. The molecule has 3 aromatic rings. The van der Waals surface area contributed by atoms with Crippen molar-refractivity contribution in [1.29, 1.82) is 0 Å². The molecule has 0 aliphatic heterocycles. The zero-order valence-corrected chi connectivity index (χ0v) is 26.9. The molecule has 0 saturated heterocycles. The Morgan fingerprint density at radius 1 is 0.425 bits per heavy atom. The highest BCUT2D eigenvalue weighted by Gasteiger charge is 2.26. The number of carbonyl (C=O) groups excluding carboxylic acids is 2. The smallest absolute Gasteiger partial charge is 0.193 e. The lowest BCUT2D eigenvalue weighted by atomic mass is 9.80. The number of hydrogen-bond donors (Lipinski definition) is 0. The quantitative estimate of drug-likeness (QED) is 0.241. The summed E-state index contributed by atoms with van der Waals surface area (Å²) in [6, 6.07) is 16.2. The molecule has 3 rings (SSSR count). The van der Waals surface area contributed by atoms with Crippen LogP contribution in [-0.2, 0) is 0 Å². The lowest BCUT2D eigenvalue weighted by Crippen LogP contribution is -2.15. The number of ketones is 2. The van der Waals surface area contributed by atoms with Crippen LogP contribution in [0.3, 0.4) is 0 Å². The lowest BCUT2D eigenvalue weighted by molar-refractivity contribution is 0.103. The largest absolute Gasteiger partial charge is 0.289 e. The Labute approximate surface area is 243 Å². The van der Waals surface area contributed by atoms with Gasteiger partial charge in [0.2, 0.25) is 0 Å². The Balaban J connectivity index is 2.21. The molecule has 0 spiro atoms. The number of rotatable bonds is 10. The average Bonchev–Trinajstić information content (AvgIpc) is 2.90. The molecule has 0 amide bonds. The van der Waals surface area contributed by atoms with E-state index in [1.165, 1.54) is 11.1 Å².